The molecular weight excluding hydrogens is 236 g/mol. The van der Waals surface area contributed by atoms with Crippen molar-refractivity contribution in [3.8, 4) is 0 Å². The van der Waals surface area contributed by atoms with E-state index in [9.17, 15) is 9.59 Å². The highest BCUT2D eigenvalue weighted by Crippen LogP contribution is 2.14. The quantitative estimate of drug-likeness (QED) is 0.426. The van der Waals surface area contributed by atoms with Crippen LogP contribution >= 0.6 is 15.9 Å². The number of alkyl halides is 1. The number of ether oxygens (including phenoxy) is 1. The Balaban J connectivity index is 4.02. The monoisotopic (exact) mass is 250 g/mol. The molecule has 0 bridgehead atoms. The summed E-state index contributed by atoms with van der Waals surface area (Å²) in [5.41, 5.74) is 0. The molecule has 0 spiro atoms. The number of ketones is 1. The van der Waals surface area contributed by atoms with Gasteiger partial charge in [-0.1, -0.05) is 29.8 Å². The van der Waals surface area contributed by atoms with E-state index in [1.165, 1.54) is 0 Å². The van der Waals surface area contributed by atoms with Gasteiger partial charge in [-0.2, -0.15) is 0 Å². The first-order valence-corrected chi connectivity index (χ1v) is 5.25. The van der Waals surface area contributed by atoms with Gasteiger partial charge in [0.05, 0.1) is 11.4 Å². The van der Waals surface area contributed by atoms with Crippen molar-refractivity contribution in [3.05, 3.63) is 0 Å². The van der Waals surface area contributed by atoms with Gasteiger partial charge in [-0.25, -0.2) is 4.79 Å². The number of halogens is 1. The van der Waals surface area contributed by atoms with Crippen LogP contribution in [0.3, 0.4) is 0 Å². The maximum Gasteiger partial charge on any atom is 0.375 e. The first-order chi connectivity index (χ1) is 5.99. The zero-order valence-electron chi connectivity index (χ0n) is 8.17. The van der Waals surface area contributed by atoms with Crippen molar-refractivity contribution in [2.75, 3.05) is 6.61 Å². The Morgan fingerprint density at radius 3 is 2.31 bits per heavy atom. The molecule has 0 rings (SSSR count). The molecule has 0 aromatic heterocycles. The lowest BCUT2D eigenvalue weighted by molar-refractivity contribution is -0.153. The predicted molar refractivity (Wildman–Crippen MR) is 53.8 cm³/mol. The van der Waals surface area contributed by atoms with Gasteiger partial charge < -0.3 is 4.74 Å². The molecule has 4 heteroatoms. The summed E-state index contributed by atoms with van der Waals surface area (Å²) < 4.78 is 4.59. The summed E-state index contributed by atoms with van der Waals surface area (Å²) in [5, 5.41) is 0. The van der Waals surface area contributed by atoms with Gasteiger partial charge >= 0.3 is 5.97 Å². The first-order valence-electron chi connectivity index (χ1n) is 4.34. The molecule has 0 radical (unpaired) electrons. The molecule has 0 aliphatic rings. The molecule has 0 aliphatic heterocycles. The summed E-state index contributed by atoms with van der Waals surface area (Å²) in [6.07, 6.45) is 0.650. The van der Waals surface area contributed by atoms with E-state index in [-0.39, 0.29) is 6.61 Å². The fraction of sp³-hybridized carbons (Fsp3) is 0.778. The number of hydrogen-bond donors (Lipinski definition) is 0. The van der Waals surface area contributed by atoms with E-state index < -0.39 is 16.6 Å². The average molecular weight is 251 g/mol. The molecule has 0 aliphatic carbocycles. The highest BCUT2D eigenvalue weighted by Gasteiger charge is 2.24. The summed E-state index contributed by atoms with van der Waals surface area (Å²) in [4.78, 5) is 21.8. The molecule has 76 valence electrons. The standard InChI is InChI=1S/C9H15BrO3/c1-4-13-9(12)8(11)7(10)5-6(2)3/h6-7H,4-5H2,1-3H3. The second-order valence-electron chi connectivity index (χ2n) is 3.18. The molecule has 0 amide bonds. The number of Topliss-reactive ketones (excluding diaryl/α,β-unsaturated/α-hetero) is 1. The van der Waals surface area contributed by atoms with Gasteiger partial charge in [0.1, 0.15) is 0 Å². The Morgan fingerprint density at radius 2 is 1.92 bits per heavy atom. The van der Waals surface area contributed by atoms with Crippen LogP contribution in [0.5, 0.6) is 0 Å². The highest BCUT2D eigenvalue weighted by atomic mass is 79.9. The normalized spacial score (nSPS) is 12.7. The van der Waals surface area contributed by atoms with Crippen molar-refractivity contribution in [2.24, 2.45) is 5.92 Å². The van der Waals surface area contributed by atoms with E-state index in [2.05, 4.69) is 20.7 Å². The van der Waals surface area contributed by atoms with E-state index in [4.69, 9.17) is 0 Å². The van der Waals surface area contributed by atoms with E-state index in [1.54, 1.807) is 6.92 Å². The van der Waals surface area contributed by atoms with Crippen molar-refractivity contribution in [3.63, 3.8) is 0 Å². The Labute approximate surface area is 87.0 Å². The van der Waals surface area contributed by atoms with Crippen LogP contribution in [-0.4, -0.2) is 23.2 Å². The van der Waals surface area contributed by atoms with E-state index >= 15 is 0 Å². The molecule has 3 nitrogen and oxygen atoms in total. The number of esters is 1. The second kappa shape index (κ2) is 6.13. The molecule has 0 heterocycles. The van der Waals surface area contributed by atoms with Crippen LogP contribution in [0.25, 0.3) is 0 Å². The van der Waals surface area contributed by atoms with Gasteiger partial charge in [0.2, 0.25) is 0 Å². The lowest BCUT2D eigenvalue weighted by Crippen LogP contribution is -2.27. The molecule has 0 aromatic carbocycles. The van der Waals surface area contributed by atoms with Crippen LogP contribution < -0.4 is 0 Å². The van der Waals surface area contributed by atoms with Gasteiger partial charge in [-0.05, 0) is 19.3 Å². The highest BCUT2D eigenvalue weighted by molar-refractivity contribution is 9.10. The maximum absolute atomic E-state index is 11.2. The largest absolute Gasteiger partial charge is 0.460 e. The molecule has 1 unspecified atom stereocenters. The Hall–Kier alpha value is -0.380. The van der Waals surface area contributed by atoms with Crippen LogP contribution in [0.4, 0.5) is 0 Å². The van der Waals surface area contributed by atoms with Gasteiger partial charge in [-0.3, -0.25) is 4.79 Å². The lowest BCUT2D eigenvalue weighted by atomic mass is 10.1. The maximum atomic E-state index is 11.2. The third-order valence-corrected chi connectivity index (χ3v) is 2.23. The van der Waals surface area contributed by atoms with Crippen LogP contribution in [-0.2, 0) is 14.3 Å². The zero-order chi connectivity index (χ0) is 10.4. The predicted octanol–water partition coefficient (Wildman–Crippen LogP) is 1.93. The van der Waals surface area contributed by atoms with E-state index in [1.807, 2.05) is 13.8 Å². The molecule has 0 saturated heterocycles. The van der Waals surface area contributed by atoms with E-state index in [0.717, 1.165) is 0 Å². The topological polar surface area (TPSA) is 43.4 Å². The lowest BCUT2D eigenvalue weighted by Gasteiger charge is -2.09. The second-order valence-corrected chi connectivity index (χ2v) is 4.29. The third kappa shape index (κ3) is 5.03. The minimum atomic E-state index is -0.745. The van der Waals surface area contributed by atoms with Crippen molar-refractivity contribution in [1.82, 2.24) is 0 Å². The molecule has 0 aromatic rings. The van der Waals surface area contributed by atoms with Crippen molar-refractivity contribution < 1.29 is 14.3 Å². The first kappa shape index (κ1) is 12.6. The number of carbonyl (C=O) groups excluding carboxylic acids is 2. The Morgan fingerprint density at radius 1 is 1.38 bits per heavy atom. The molecule has 0 fully saturated rings. The van der Waals surface area contributed by atoms with Crippen LogP contribution in [0.15, 0.2) is 0 Å². The van der Waals surface area contributed by atoms with E-state index in [0.29, 0.717) is 12.3 Å². The van der Waals surface area contributed by atoms with Crippen molar-refractivity contribution in [2.45, 2.75) is 32.0 Å². The Kier molecular flexibility index (Phi) is 5.95. The molecular formula is C9H15BrO3. The number of carbonyl (C=O) groups is 2. The van der Waals surface area contributed by atoms with Gasteiger partial charge in [0.15, 0.2) is 0 Å². The average Bonchev–Trinajstić information content (AvgIpc) is 2.02. The van der Waals surface area contributed by atoms with Gasteiger partial charge in [0.25, 0.3) is 5.78 Å². The molecule has 0 saturated carbocycles. The van der Waals surface area contributed by atoms with Gasteiger partial charge in [-0.15, -0.1) is 0 Å². The summed E-state index contributed by atoms with van der Waals surface area (Å²) >= 11 is 3.16. The Bertz CT molecular complexity index is 189. The fourth-order valence-electron chi connectivity index (χ4n) is 0.851. The minimum Gasteiger partial charge on any atom is -0.460 e. The van der Waals surface area contributed by atoms with Crippen LogP contribution in [0.2, 0.25) is 0 Å². The molecule has 0 N–H and O–H groups in total. The van der Waals surface area contributed by atoms with Crippen molar-refractivity contribution >= 4 is 27.7 Å². The summed E-state index contributed by atoms with van der Waals surface area (Å²) in [6, 6.07) is 0. The van der Waals surface area contributed by atoms with Crippen LogP contribution in [0, 0.1) is 5.92 Å². The third-order valence-electron chi connectivity index (χ3n) is 1.44. The summed E-state index contributed by atoms with van der Waals surface area (Å²) in [5.74, 6) is -0.858. The van der Waals surface area contributed by atoms with Crippen molar-refractivity contribution in [1.29, 1.82) is 0 Å². The zero-order valence-corrected chi connectivity index (χ0v) is 9.76. The fourth-order valence-corrected chi connectivity index (χ4v) is 1.79. The summed E-state index contributed by atoms with van der Waals surface area (Å²) in [6.45, 7) is 5.90. The SMILES string of the molecule is CCOC(=O)C(=O)C(Br)CC(C)C. The van der Waals surface area contributed by atoms with Gasteiger partial charge in [0, 0.05) is 0 Å². The summed E-state index contributed by atoms with van der Waals surface area (Å²) in [7, 11) is 0. The smallest absolute Gasteiger partial charge is 0.375 e. The minimum absolute atomic E-state index is 0.242. The van der Waals surface area contributed by atoms with Crippen LogP contribution in [0.1, 0.15) is 27.2 Å². The molecule has 1 atom stereocenters. The number of hydrogen-bond acceptors (Lipinski definition) is 3. The number of rotatable bonds is 5. The molecule has 13 heavy (non-hydrogen) atoms.